The molecular formula is C16H23NO6S. The second-order valence-corrected chi connectivity index (χ2v) is 7.77. The standard InChI is InChI=1S/C16H23NO6S/c1-11-10-13(23-3)8-9-16(11,15(18)19)17-24(20,21)14-6-4-12(22-2)5-7-14/h4-7,11,13,17H,8-10H2,1-3H3,(H,18,19). The van der Waals surface area contributed by atoms with E-state index in [1.165, 1.54) is 31.4 Å². The van der Waals surface area contributed by atoms with Crippen molar-refractivity contribution >= 4 is 16.0 Å². The maximum atomic E-state index is 12.7. The smallest absolute Gasteiger partial charge is 0.325 e. The Morgan fingerprint density at radius 3 is 2.38 bits per heavy atom. The number of aliphatic carboxylic acids is 1. The summed E-state index contributed by atoms with van der Waals surface area (Å²) in [6.45, 7) is 1.73. The number of ether oxygens (including phenoxy) is 2. The summed E-state index contributed by atoms with van der Waals surface area (Å²) in [4.78, 5) is 11.9. The molecule has 1 aromatic rings. The predicted molar refractivity (Wildman–Crippen MR) is 87.5 cm³/mol. The van der Waals surface area contributed by atoms with Crippen molar-refractivity contribution in [1.29, 1.82) is 0 Å². The first kappa shape index (κ1) is 18.7. The fourth-order valence-corrected chi connectivity index (χ4v) is 4.61. The fourth-order valence-electron chi connectivity index (χ4n) is 3.13. The minimum Gasteiger partial charge on any atom is -0.497 e. The lowest BCUT2D eigenvalue weighted by atomic mass is 9.73. The van der Waals surface area contributed by atoms with Crippen molar-refractivity contribution in [1.82, 2.24) is 4.72 Å². The van der Waals surface area contributed by atoms with Crippen LogP contribution < -0.4 is 9.46 Å². The molecule has 0 bridgehead atoms. The molecule has 3 unspecified atom stereocenters. The maximum absolute atomic E-state index is 12.7. The maximum Gasteiger partial charge on any atom is 0.325 e. The van der Waals surface area contributed by atoms with Gasteiger partial charge in [0.1, 0.15) is 11.3 Å². The van der Waals surface area contributed by atoms with Gasteiger partial charge in [-0.1, -0.05) is 6.92 Å². The molecule has 0 amide bonds. The van der Waals surface area contributed by atoms with Gasteiger partial charge < -0.3 is 14.6 Å². The summed E-state index contributed by atoms with van der Waals surface area (Å²) < 4.78 is 38.1. The monoisotopic (exact) mass is 357 g/mol. The number of carbonyl (C=O) groups is 1. The van der Waals surface area contributed by atoms with Crippen molar-refractivity contribution in [2.24, 2.45) is 5.92 Å². The van der Waals surface area contributed by atoms with Gasteiger partial charge in [-0.2, -0.15) is 4.72 Å². The van der Waals surface area contributed by atoms with Crippen LogP contribution in [0.15, 0.2) is 29.2 Å². The molecule has 134 valence electrons. The normalized spacial score (nSPS) is 27.6. The van der Waals surface area contributed by atoms with Gasteiger partial charge in [0.15, 0.2) is 0 Å². The van der Waals surface area contributed by atoms with Gasteiger partial charge in [0.25, 0.3) is 0 Å². The highest BCUT2D eigenvalue weighted by molar-refractivity contribution is 7.89. The molecule has 2 N–H and O–H groups in total. The molecule has 2 rings (SSSR count). The number of carboxylic acid groups (broad SMARTS) is 1. The van der Waals surface area contributed by atoms with E-state index in [2.05, 4.69) is 4.72 Å². The summed E-state index contributed by atoms with van der Waals surface area (Å²) in [6.07, 6.45) is 1.09. The molecule has 1 saturated carbocycles. The molecule has 1 fully saturated rings. The van der Waals surface area contributed by atoms with Crippen molar-refractivity contribution in [3.05, 3.63) is 24.3 Å². The third-order valence-corrected chi connectivity index (χ3v) is 6.25. The molecule has 0 saturated heterocycles. The van der Waals surface area contributed by atoms with Crippen LogP contribution >= 0.6 is 0 Å². The van der Waals surface area contributed by atoms with Crippen LogP contribution in [0.1, 0.15) is 26.2 Å². The van der Waals surface area contributed by atoms with Gasteiger partial charge in [0, 0.05) is 7.11 Å². The molecule has 1 aromatic carbocycles. The number of nitrogens with one attached hydrogen (secondary N) is 1. The van der Waals surface area contributed by atoms with Crippen LogP contribution in [0.5, 0.6) is 5.75 Å². The average molecular weight is 357 g/mol. The highest BCUT2D eigenvalue weighted by Crippen LogP contribution is 2.36. The van der Waals surface area contributed by atoms with E-state index >= 15 is 0 Å². The van der Waals surface area contributed by atoms with Crippen molar-refractivity contribution in [3.8, 4) is 5.75 Å². The predicted octanol–water partition coefficient (Wildman–Crippen LogP) is 1.63. The highest BCUT2D eigenvalue weighted by Gasteiger charge is 2.50. The lowest BCUT2D eigenvalue weighted by molar-refractivity contribution is -0.149. The Hall–Kier alpha value is -1.64. The second-order valence-electron chi connectivity index (χ2n) is 6.09. The Kier molecular flexibility index (Phi) is 5.52. The van der Waals surface area contributed by atoms with Crippen LogP contribution in [0, 0.1) is 5.92 Å². The molecule has 0 aliphatic heterocycles. The van der Waals surface area contributed by atoms with E-state index in [0.29, 0.717) is 18.6 Å². The number of methoxy groups -OCH3 is 2. The van der Waals surface area contributed by atoms with E-state index < -0.39 is 27.4 Å². The Bertz CT molecular complexity index is 687. The molecule has 0 heterocycles. The van der Waals surface area contributed by atoms with E-state index in [1.54, 1.807) is 14.0 Å². The molecule has 1 aliphatic carbocycles. The zero-order chi connectivity index (χ0) is 18.0. The summed E-state index contributed by atoms with van der Waals surface area (Å²) in [6, 6.07) is 5.82. The van der Waals surface area contributed by atoms with Gasteiger partial charge in [-0.05, 0) is 49.4 Å². The summed E-state index contributed by atoms with van der Waals surface area (Å²) in [7, 11) is -0.913. The zero-order valence-corrected chi connectivity index (χ0v) is 14.8. The highest BCUT2D eigenvalue weighted by atomic mass is 32.2. The number of sulfonamides is 1. The number of hydrogen-bond acceptors (Lipinski definition) is 5. The molecular weight excluding hydrogens is 334 g/mol. The lowest BCUT2D eigenvalue weighted by Gasteiger charge is -2.41. The van der Waals surface area contributed by atoms with Gasteiger partial charge in [-0.15, -0.1) is 0 Å². The Balaban J connectivity index is 2.31. The Morgan fingerprint density at radius 2 is 1.92 bits per heavy atom. The van der Waals surface area contributed by atoms with Gasteiger partial charge in [0.05, 0.1) is 18.1 Å². The molecule has 24 heavy (non-hydrogen) atoms. The van der Waals surface area contributed by atoms with Crippen LogP contribution in [-0.2, 0) is 19.6 Å². The van der Waals surface area contributed by atoms with Gasteiger partial charge in [0.2, 0.25) is 10.0 Å². The molecule has 3 atom stereocenters. The topological polar surface area (TPSA) is 102 Å². The largest absolute Gasteiger partial charge is 0.497 e. The zero-order valence-electron chi connectivity index (χ0n) is 14.0. The summed E-state index contributed by atoms with van der Waals surface area (Å²) in [5, 5.41) is 9.72. The number of rotatable bonds is 6. The number of hydrogen-bond donors (Lipinski definition) is 2. The van der Waals surface area contributed by atoms with Crippen LogP contribution in [-0.4, -0.2) is 45.4 Å². The first-order chi connectivity index (χ1) is 11.2. The van der Waals surface area contributed by atoms with Crippen molar-refractivity contribution in [2.45, 2.75) is 42.7 Å². The molecule has 8 heteroatoms. The van der Waals surface area contributed by atoms with E-state index in [4.69, 9.17) is 9.47 Å². The first-order valence-electron chi connectivity index (χ1n) is 7.69. The van der Waals surface area contributed by atoms with E-state index in [9.17, 15) is 18.3 Å². The summed E-state index contributed by atoms with van der Waals surface area (Å²) >= 11 is 0. The minimum absolute atomic E-state index is 0.00462. The third kappa shape index (κ3) is 3.55. The first-order valence-corrected chi connectivity index (χ1v) is 9.17. The Morgan fingerprint density at radius 1 is 1.29 bits per heavy atom. The second kappa shape index (κ2) is 7.08. The van der Waals surface area contributed by atoms with E-state index in [1.807, 2.05) is 0 Å². The Labute approximate surface area is 142 Å². The third-order valence-electron chi connectivity index (χ3n) is 4.72. The van der Waals surface area contributed by atoms with Crippen molar-refractivity contribution in [2.75, 3.05) is 14.2 Å². The molecule has 0 spiro atoms. The molecule has 7 nitrogen and oxygen atoms in total. The van der Waals surface area contributed by atoms with Crippen LogP contribution in [0.25, 0.3) is 0 Å². The fraction of sp³-hybridized carbons (Fsp3) is 0.562. The van der Waals surface area contributed by atoms with Gasteiger partial charge in [-0.25, -0.2) is 8.42 Å². The molecule has 0 radical (unpaired) electrons. The molecule has 0 aromatic heterocycles. The quantitative estimate of drug-likeness (QED) is 0.802. The number of benzene rings is 1. The van der Waals surface area contributed by atoms with Gasteiger partial charge >= 0.3 is 5.97 Å². The summed E-state index contributed by atoms with van der Waals surface area (Å²) in [5.74, 6) is -1.04. The molecule has 1 aliphatic rings. The van der Waals surface area contributed by atoms with Crippen molar-refractivity contribution < 1.29 is 27.8 Å². The van der Waals surface area contributed by atoms with Crippen LogP contribution in [0.3, 0.4) is 0 Å². The average Bonchev–Trinajstić information content (AvgIpc) is 2.56. The van der Waals surface area contributed by atoms with Gasteiger partial charge in [-0.3, -0.25) is 4.79 Å². The van der Waals surface area contributed by atoms with Crippen LogP contribution in [0.4, 0.5) is 0 Å². The minimum atomic E-state index is -3.97. The van der Waals surface area contributed by atoms with Crippen molar-refractivity contribution in [3.63, 3.8) is 0 Å². The summed E-state index contributed by atoms with van der Waals surface area (Å²) in [5.41, 5.74) is -1.53. The van der Waals surface area contributed by atoms with Crippen LogP contribution in [0.2, 0.25) is 0 Å². The number of carboxylic acids is 1. The van der Waals surface area contributed by atoms with E-state index in [-0.39, 0.29) is 17.4 Å². The SMILES string of the molecule is COc1ccc(S(=O)(=O)NC2(C(=O)O)CCC(OC)CC2C)cc1. The van der Waals surface area contributed by atoms with E-state index in [0.717, 1.165) is 0 Å². The lowest BCUT2D eigenvalue weighted by Crippen LogP contribution is -2.61.